The van der Waals surface area contributed by atoms with E-state index in [4.69, 9.17) is 16.3 Å². The molecule has 0 amide bonds. The molecule has 1 aromatic carbocycles. The highest BCUT2D eigenvalue weighted by Crippen LogP contribution is 2.32. The summed E-state index contributed by atoms with van der Waals surface area (Å²) in [4.78, 5) is 12.3. The topological polar surface area (TPSA) is 41.6 Å². The first kappa shape index (κ1) is 16.4. The molecule has 2 aliphatic heterocycles. The standard InChI is InChI=1S/C17H19ClN2O2S/c1-23-20-9-13-7-16(19-8-14(13)15(18)10-20)17(21)22-11-12-5-3-2-4-6-12/h2-6,10,16,19H,7-9,11H2,1H3. The van der Waals surface area contributed by atoms with Crippen molar-refractivity contribution in [3.63, 3.8) is 0 Å². The number of ether oxygens (including phenoxy) is 1. The van der Waals surface area contributed by atoms with E-state index < -0.39 is 0 Å². The van der Waals surface area contributed by atoms with Gasteiger partial charge in [0.25, 0.3) is 0 Å². The van der Waals surface area contributed by atoms with Crippen LogP contribution in [0.5, 0.6) is 0 Å². The van der Waals surface area contributed by atoms with E-state index in [9.17, 15) is 4.79 Å². The number of rotatable bonds is 4. The van der Waals surface area contributed by atoms with Crippen LogP contribution >= 0.6 is 23.5 Å². The zero-order chi connectivity index (χ0) is 16.2. The highest BCUT2D eigenvalue weighted by Gasteiger charge is 2.30. The van der Waals surface area contributed by atoms with Gasteiger partial charge in [0, 0.05) is 19.0 Å². The lowest BCUT2D eigenvalue weighted by molar-refractivity contribution is -0.147. The summed E-state index contributed by atoms with van der Waals surface area (Å²) in [5.74, 6) is -0.207. The van der Waals surface area contributed by atoms with Crippen molar-refractivity contribution in [2.75, 3.05) is 19.3 Å². The molecule has 1 aromatic rings. The molecule has 3 rings (SSSR count). The molecule has 1 unspecified atom stereocenters. The van der Waals surface area contributed by atoms with Crippen molar-refractivity contribution in [1.29, 1.82) is 0 Å². The maximum absolute atomic E-state index is 12.3. The Balaban J connectivity index is 1.60. The second kappa shape index (κ2) is 7.43. The Labute approximate surface area is 145 Å². The fraction of sp³-hybridized carbons (Fsp3) is 0.353. The molecule has 2 aliphatic rings. The first-order valence-corrected chi connectivity index (χ1v) is 9.06. The van der Waals surface area contributed by atoms with Gasteiger partial charge < -0.3 is 9.04 Å². The van der Waals surface area contributed by atoms with Crippen LogP contribution in [0.15, 0.2) is 52.7 Å². The van der Waals surface area contributed by atoms with E-state index in [1.165, 1.54) is 5.57 Å². The number of hydrogen-bond acceptors (Lipinski definition) is 5. The van der Waals surface area contributed by atoms with Gasteiger partial charge in [0.05, 0.1) is 11.6 Å². The summed E-state index contributed by atoms with van der Waals surface area (Å²) in [5.41, 5.74) is 3.32. The molecule has 2 heterocycles. The van der Waals surface area contributed by atoms with Crippen molar-refractivity contribution in [2.24, 2.45) is 0 Å². The summed E-state index contributed by atoms with van der Waals surface area (Å²) in [6.07, 6.45) is 4.60. The van der Waals surface area contributed by atoms with E-state index in [-0.39, 0.29) is 12.0 Å². The maximum atomic E-state index is 12.3. The molecule has 0 aromatic heterocycles. The Morgan fingerprint density at radius 2 is 2.22 bits per heavy atom. The van der Waals surface area contributed by atoms with Crippen molar-refractivity contribution in [1.82, 2.24) is 9.62 Å². The van der Waals surface area contributed by atoms with Crippen LogP contribution < -0.4 is 5.32 Å². The number of halogens is 1. The Bertz CT molecular complexity index is 645. The van der Waals surface area contributed by atoms with Gasteiger partial charge in [-0.25, -0.2) is 0 Å². The molecule has 23 heavy (non-hydrogen) atoms. The molecule has 0 fully saturated rings. The Kier molecular flexibility index (Phi) is 5.30. The Morgan fingerprint density at radius 3 is 2.96 bits per heavy atom. The van der Waals surface area contributed by atoms with Crippen molar-refractivity contribution in [3.8, 4) is 0 Å². The molecule has 0 saturated heterocycles. The zero-order valence-corrected chi connectivity index (χ0v) is 14.5. The minimum atomic E-state index is -0.302. The van der Waals surface area contributed by atoms with Crippen molar-refractivity contribution in [3.05, 3.63) is 58.3 Å². The van der Waals surface area contributed by atoms with Gasteiger partial charge in [0.2, 0.25) is 0 Å². The second-order valence-electron chi connectivity index (χ2n) is 5.55. The van der Waals surface area contributed by atoms with Crippen LogP contribution in [0.4, 0.5) is 0 Å². The minimum absolute atomic E-state index is 0.207. The van der Waals surface area contributed by atoms with Gasteiger partial charge in [-0.1, -0.05) is 53.9 Å². The van der Waals surface area contributed by atoms with Crippen LogP contribution in [-0.4, -0.2) is 35.7 Å². The third-order valence-corrected chi connectivity index (χ3v) is 5.07. The third-order valence-electron chi connectivity index (χ3n) is 4.04. The van der Waals surface area contributed by atoms with Gasteiger partial charge in [-0.2, -0.15) is 0 Å². The molecule has 6 heteroatoms. The zero-order valence-electron chi connectivity index (χ0n) is 12.9. The minimum Gasteiger partial charge on any atom is -0.460 e. The fourth-order valence-corrected chi connectivity index (χ4v) is 3.63. The molecule has 0 saturated carbocycles. The van der Waals surface area contributed by atoms with E-state index in [2.05, 4.69) is 9.62 Å². The van der Waals surface area contributed by atoms with Gasteiger partial charge in [-0.15, -0.1) is 0 Å². The fourth-order valence-electron chi connectivity index (χ4n) is 2.76. The number of carbonyl (C=O) groups excluding carboxylic acids is 1. The number of nitrogens with one attached hydrogen (secondary N) is 1. The summed E-state index contributed by atoms with van der Waals surface area (Å²) < 4.78 is 7.52. The van der Waals surface area contributed by atoms with Gasteiger partial charge in [-0.3, -0.25) is 10.1 Å². The van der Waals surface area contributed by atoms with E-state index in [1.54, 1.807) is 11.9 Å². The SMILES string of the molecule is CSN1C=C(Cl)C2=C(CC(C(=O)OCc3ccccc3)NC2)C1. The number of benzene rings is 1. The summed E-state index contributed by atoms with van der Waals surface area (Å²) in [5, 5.41) is 3.99. The van der Waals surface area contributed by atoms with Crippen LogP contribution in [-0.2, 0) is 16.1 Å². The van der Waals surface area contributed by atoms with Crippen LogP contribution in [0, 0.1) is 0 Å². The van der Waals surface area contributed by atoms with Crippen LogP contribution in [0.2, 0.25) is 0 Å². The second-order valence-corrected chi connectivity index (χ2v) is 6.79. The van der Waals surface area contributed by atoms with Crippen LogP contribution in [0.3, 0.4) is 0 Å². The molecule has 4 nitrogen and oxygen atoms in total. The number of nitrogens with zero attached hydrogens (tertiary/aromatic N) is 1. The summed E-state index contributed by atoms with van der Waals surface area (Å²) >= 11 is 7.95. The molecular formula is C17H19ClN2O2S. The van der Waals surface area contributed by atoms with Gasteiger partial charge >= 0.3 is 5.97 Å². The highest BCUT2D eigenvalue weighted by molar-refractivity contribution is 7.96. The third kappa shape index (κ3) is 3.91. The average Bonchev–Trinajstić information content (AvgIpc) is 2.60. The molecule has 0 spiro atoms. The highest BCUT2D eigenvalue weighted by atomic mass is 35.5. The molecule has 0 aliphatic carbocycles. The first-order valence-electron chi connectivity index (χ1n) is 7.50. The quantitative estimate of drug-likeness (QED) is 0.667. The average molecular weight is 351 g/mol. The first-order chi connectivity index (χ1) is 11.2. The summed E-state index contributed by atoms with van der Waals surface area (Å²) in [6.45, 7) is 1.72. The number of carbonyl (C=O) groups is 1. The molecular weight excluding hydrogens is 332 g/mol. The molecule has 1 atom stereocenters. The lowest BCUT2D eigenvalue weighted by atomic mass is 9.94. The van der Waals surface area contributed by atoms with Gasteiger partial charge in [-0.05, 0) is 23.1 Å². The number of hydrogen-bond donors (Lipinski definition) is 1. The normalized spacial score (nSPS) is 20.9. The lowest BCUT2D eigenvalue weighted by Crippen LogP contribution is -2.44. The number of esters is 1. The monoisotopic (exact) mass is 350 g/mol. The van der Waals surface area contributed by atoms with Crippen molar-refractivity contribution in [2.45, 2.75) is 19.1 Å². The molecule has 0 bridgehead atoms. The lowest BCUT2D eigenvalue weighted by Gasteiger charge is -2.33. The van der Waals surface area contributed by atoms with E-state index in [1.807, 2.05) is 42.8 Å². The van der Waals surface area contributed by atoms with Gasteiger partial charge in [0.15, 0.2) is 0 Å². The molecule has 122 valence electrons. The Morgan fingerprint density at radius 1 is 1.43 bits per heavy atom. The summed E-state index contributed by atoms with van der Waals surface area (Å²) in [6, 6.07) is 9.41. The van der Waals surface area contributed by atoms with Crippen molar-refractivity contribution < 1.29 is 9.53 Å². The largest absolute Gasteiger partial charge is 0.460 e. The maximum Gasteiger partial charge on any atom is 0.323 e. The molecule has 0 radical (unpaired) electrons. The van der Waals surface area contributed by atoms with E-state index >= 15 is 0 Å². The predicted molar refractivity (Wildman–Crippen MR) is 93.8 cm³/mol. The Hall–Kier alpha value is -1.43. The van der Waals surface area contributed by atoms with Crippen molar-refractivity contribution >= 4 is 29.5 Å². The smallest absolute Gasteiger partial charge is 0.323 e. The molecule has 1 N–H and O–H groups in total. The van der Waals surface area contributed by atoms with Gasteiger partial charge in [0.1, 0.15) is 12.6 Å². The van der Waals surface area contributed by atoms with E-state index in [0.717, 1.165) is 22.7 Å². The van der Waals surface area contributed by atoms with E-state index in [0.29, 0.717) is 19.6 Å². The van der Waals surface area contributed by atoms with Crippen LogP contribution in [0.1, 0.15) is 12.0 Å². The van der Waals surface area contributed by atoms with Crippen LogP contribution in [0.25, 0.3) is 0 Å². The summed E-state index contributed by atoms with van der Waals surface area (Å²) in [7, 11) is 0. The predicted octanol–water partition coefficient (Wildman–Crippen LogP) is 3.06.